The second kappa shape index (κ2) is 16.7. The van der Waals surface area contributed by atoms with Gasteiger partial charge in [-0.3, -0.25) is 19.6 Å². The highest BCUT2D eigenvalue weighted by Crippen LogP contribution is 2.44. The number of likely N-dealkylation sites (N-methyl/N-ethyl adjacent to an activating group) is 1. The number of fused-ring (bicyclic) bond motifs is 8. The lowest BCUT2D eigenvalue weighted by Gasteiger charge is -2.30. The van der Waals surface area contributed by atoms with E-state index in [0.717, 1.165) is 101 Å². The number of thiophene rings is 2. The minimum Gasteiger partial charge on any atom is -0.495 e. The van der Waals surface area contributed by atoms with Crippen LogP contribution in [-0.4, -0.2) is 92.8 Å². The number of rotatable bonds is 10. The molecule has 17 heteroatoms. The van der Waals surface area contributed by atoms with Crippen molar-refractivity contribution in [2.24, 2.45) is 21.8 Å². The molecule has 2 aliphatic heterocycles. The Bertz CT molecular complexity index is 2810. The van der Waals surface area contributed by atoms with Gasteiger partial charge in [-0.05, 0) is 110 Å². The molecule has 320 valence electrons. The fourth-order valence-electron chi connectivity index (χ4n) is 8.87. The number of carbonyl (C=O) groups excluding carboxylic acids is 1. The van der Waals surface area contributed by atoms with Gasteiger partial charge in [-0.15, -0.1) is 22.7 Å². The fourth-order valence-corrected chi connectivity index (χ4v) is 11.4. The van der Waals surface area contributed by atoms with E-state index in [0.29, 0.717) is 38.9 Å². The van der Waals surface area contributed by atoms with Gasteiger partial charge in [0, 0.05) is 41.7 Å². The number of amides is 1. The molecule has 4 aliphatic rings. The summed E-state index contributed by atoms with van der Waals surface area (Å²) in [5.41, 5.74) is 7.59. The molecule has 6 aromatic rings. The van der Waals surface area contributed by atoms with E-state index < -0.39 is 11.6 Å². The van der Waals surface area contributed by atoms with Crippen LogP contribution in [-0.2, 0) is 48.4 Å². The van der Waals surface area contributed by atoms with Gasteiger partial charge in [-0.2, -0.15) is 0 Å². The second-order valence-corrected chi connectivity index (χ2v) is 18.9. The zero-order valence-electron chi connectivity index (χ0n) is 35.1. The lowest BCUT2D eigenvalue weighted by Crippen LogP contribution is -2.43. The van der Waals surface area contributed by atoms with Crippen LogP contribution in [0.5, 0.6) is 11.5 Å². The number of anilines is 4. The van der Waals surface area contributed by atoms with Crippen molar-refractivity contribution in [3.8, 4) is 11.5 Å². The van der Waals surface area contributed by atoms with Crippen molar-refractivity contribution < 1.29 is 29.3 Å². The molecule has 15 nitrogen and oxygen atoms in total. The summed E-state index contributed by atoms with van der Waals surface area (Å²) >= 11 is 3.21. The molecule has 1 amide bonds. The summed E-state index contributed by atoms with van der Waals surface area (Å²) in [5.74, 6) is 1.92. The number of hydrogen-bond acceptors (Lipinski definition) is 15. The van der Waals surface area contributed by atoms with Crippen LogP contribution < -0.4 is 20.1 Å². The van der Waals surface area contributed by atoms with Crippen molar-refractivity contribution in [2.45, 2.75) is 71.1 Å². The predicted octanol–water partition coefficient (Wildman–Crippen LogP) is 7.28. The van der Waals surface area contributed by atoms with Gasteiger partial charge in [0.2, 0.25) is 5.91 Å². The van der Waals surface area contributed by atoms with E-state index in [1.165, 1.54) is 16.0 Å². The number of carboxylic acid groups (broad SMARTS) is 1. The summed E-state index contributed by atoms with van der Waals surface area (Å²) in [6.07, 6.45) is 11.0. The Morgan fingerprint density at radius 2 is 1.26 bits per heavy atom. The van der Waals surface area contributed by atoms with Gasteiger partial charge in [0.1, 0.15) is 45.5 Å². The first-order valence-corrected chi connectivity index (χ1v) is 22.2. The number of benzene rings is 2. The Morgan fingerprint density at radius 1 is 0.774 bits per heavy atom. The number of aliphatic carboxylic acids is 1. The molecule has 0 saturated heterocycles. The molecule has 10 rings (SSSR count). The molecule has 2 aromatic carbocycles. The molecule has 62 heavy (non-hydrogen) atoms. The number of aliphatic hydroxyl groups is 1. The summed E-state index contributed by atoms with van der Waals surface area (Å²) in [4.78, 5) is 56.8. The number of methoxy groups -OCH3 is 2. The molecule has 4 aromatic heterocycles. The molecular weight excluding hydrogens is 827 g/mol. The number of nitrogens with one attached hydrogen (secondary N) is 2. The third-order valence-electron chi connectivity index (χ3n) is 11.8. The van der Waals surface area contributed by atoms with E-state index in [2.05, 4.69) is 40.6 Å². The van der Waals surface area contributed by atoms with Gasteiger partial charge < -0.3 is 35.2 Å². The zero-order chi connectivity index (χ0) is 43.3. The van der Waals surface area contributed by atoms with Crippen LogP contribution in [0.15, 0.2) is 46.9 Å². The number of nitrogens with zero attached hydrogens (tertiary/aromatic N) is 7. The molecule has 2 aliphatic carbocycles. The van der Waals surface area contributed by atoms with Crippen LogP contribution in [0.1, 0.15) is 69.8 Å². The molecular formula is C45H47N9O6S2. The lowest BCUT2D eigenvalue weighted by atomic mass is 9.86. The minimum absolute atomic E-state index is 0.0826. The van der Waals surface area contributed by atoms with Crippen LogP contribution in [0.25, 0.3) is 20.4 Å². The maximum absolute atomic E-state index is 13.0. The smallest absolute Gasteiger partial charge is 0.306 e. The zero-order valence-corrected chi connectivity index (χ0v) is 36.7. The largest absolute Gasteiger partial charge is 0.495 e. The van der Waals surface area contributed by atoms with E-state index in [-0.39, 0.29) is 17.7 Å². The summed E-state index contributed by atoms with van der Waals surface area (Å²) in [6.45, 7) is 5.10. The molecule has 0 spiro atoms. The van der Waals surface area contributed by atoms with Crippen molar-refractivity contribution in [3.05, 3.63) is 80.1 Å². The number of aromatic nitrogens is 4. The fraction of sp³-hybridized carbons (Fsp3) is 0.378. The monoisotopic (exact) mass is 873 g/mol. The topological polar surface area (TPSA) is 197 Å². The number of aryl methyl sites for hydroxylation is 2. The van der Waals surface area contributed by atoms with Gasteiger partial charge in [-0.25, -0.2) is 19.9 Å². The van der Waals surface area contributed by atoms with Crippen LogP contribution >= 0.6 is 22.7 Å². The Morgan fingerprint density at radius 3 is 1.73 bits per heavy atom. The van der Waals surface area contributed by atoms with E-state index in [4.69, 9.17) is 9.47 Å². The highest BCUT2D eigenvalue weighted by Gasteiger charge is 2.33. The number of aliphatic imine (C=N–C) groups is 2. The van der Waals surface area contributed by atoms with E-state index in [1.54, 1.807) is 75.3 Å². The Balaban J connectivity index is 0.000000161. The average molecular weight is 874 g/mol. The second-order valence-electron chi connectivity index (χ2n) is 16.7. The minimum atomic E-state index is -0.914. The first kappa shape index (κ1) is 41.3. The molecule has 6 heterocycles. The number of carbonyl (C=O) groups is 2. The first-order chi connectivity index (χ1) is 29.9. The summed E-state index contributed by atoms with van der Waals surface area (Å²) in [5, 5.41) is 28.4. The average Bonchev–Trinajstić information content (AvgIpc) is 4.06. The standard InChI is InChI=1S/C25H29N5O3S.C20H18N4O3S/c1-25(2,32)12-30(3)24(31)14-5-6-17-20(9-14)34-23-21(17)22(27-13-28-23)29-18-7-15-10-26-11-16(15)8-19(18)33-4;1-27-15-5-12-8-21-7-11(12)4-14(15)24-18-17-13-3-2-10(20(25)26)6-16(13)28-19(17)23-9-22-18/h7-8,10,13-14,32H,5-6,9,11-12H2,1-4H3,(H,27,28,29);4-5,7,9-10H,2-3,6,8H2,1H3,(H,25,26)(H,22,23,24)/t14-;10-/m00/s1. The highest BCUT2D eigenvalue weighted by atomic mass is 32.1. The van der Waals surface area contributed by atoms with Crippen LogP contribution in [0.3, 0.4) is 0 Å². The van der Waals surface area contributed by atoms with Gasteiger partial charge >= 0.3 is 5.97 Å². The van der Waals surface area contributed by atoms with Gasteiger partial charge in [-0.1, -0.05) is 0 Å². The highest BCUT2D eigenvalue weighted by molar-refractivity contribution is 7.19. The third-order valence-corrected chi connectivity index (χ3v) is 14.1. The van der Waals surface area contributed by atoms with E-state index in [9.17, 15) is 19.8 Å². The summed E-state index contributed by atoms with van der Waals surface area (Å²) in [7, 11) is 5.08. The van der Waals surface area contributed by atoms with E-state index in [1.807, 2.05) is 36.7 Å². The van der Waals surface area contributed by atoms with Crippen molar-refractivity contribution >= 4 is 90.4 Å². The first-order valence-electron chi connectivity index (χ1n) is 20.5. The van der Waals surface area contributed by atoms with Crippen LogP contribution in [0.2, 0.25) is 0 Å². The van der Waals surface area contributed by atoms with E-state index >= 15 is 0 Å². The van der Waals surface area contributed by atoms with Crippen LogP contribution in [0.4, 0.5) is 23.0 Å². The Labute approximate surface area is 366 Å². The molecule has 0 radical (unpaired) electrons. The van der Waals surface area contributed by atoms with Crippen molar-refractivity contribution in [1.29, 1.82) is 0 Å². The molecule has 0 unspecified atom stereocenters. The van der Waals surface area contributed by atoms with Crippen molar-refractivity contribution in [1.82, 2.24) is 24.8 Å². The SMILES string of the molecule is COc1cc2c(cc1Nc1ncnc3sc4c(c13)CC[C@H](C(=O)N(C)CC(C)(C)O)C4)C=NC2.COc1cc2c(cc1Nc1ncnc3sc4c(c13)CC[C@H](C(=O)O)C4)C=NC2. The predicted molar refractivity (Wildman–Crippen MR) is 243 cm³/mol. The maximum atomic E-state index is 13.0. The molecule has 0 fully saturated rings. The van der Waals surface area contributed by atoms with Gasteiger partial charge in [0.05, 0.1) is 61.0 Å². The Kier molecular flexibility index (Phi) is 11.1. The quantitative estimate of drug-likeness (QED) is 0.108. The number of hydrogen-bond donors (Lipinski definition) is 4. The third kappa shape index (κ3) is 8.07. The molecule has 4 N–H and O–H groups in total. The molecule has 0 saturated carbocycles. The van der Waals surface area contributed by atoms with Gasteiger partial charge in [0.25, 0.3) is 0 Å². The van der Waals surface area contributed by atoms with Gasteiger partial charge in [0.15, 0.2) is 0 Å². The van der Waals surface area contributed by atoms with Crippen molar-refractivity contribution in [2.75, 3.05) is 38.4 Å². The lowest BCUT2D eigenvalue weighted by molar-refractivity contribution is -0.142. The summed E-state index contributed by atoms with van der Waals surface area (Å²) in [6, 6.07) is 8.10. The molecule has 0 bridgehead atoms. The van der Waals surface area contributed by atoms with Crippen molar-refractivity contribution in [3.63, 3.8) is 0 Å². The summed E-state index contributed by atoms with van der Waals surface area (Å²) < 4.78 is 11.2. The maximum Gasteiger partial charge on any atom is 0.306 e. The van der Waals surface area contributed by atoms with Crippen LogP contribution in [0, 0.1) is 11.8 Å². The Hall–Kier alpha value is -6.04. The normalized spacial score (nSPS) is 17.1. The molecule has 2 atom stereocenters. The number of carboxylic acids is 1. The number of ether oxygens (including phenoxy) is 2.